The number of carbonyl (C=O) groups excluding carboxylic acids is 1. The molecule has 0 spiro atoms. The highest BCUT2D eigenvalue weighted by atomic mass is 16.2. The molecule has 1 N–H and O–H groups in total. The molecule has 1 unspecified atom stereocenters. The van der Waals surface area contributed by atoms with Gasteiger partial charge in [0, 0.05) is 37.9 Å². The summed E-state index contributed by atoms with van der Waals surface area (Å²) in [5.74, 6) is 0.147. The number of amides is 1. The quantitative estimate of drug-likeness (QED) is 0.829. The van der Waals surface area contributed by atoms with E-state index >= 15 is 0 Å². The fourth-order valence-corrected chi connectivity index (χ4v) is 2.08. The maximum absolute atomic E-state index is 11.9. The van der Waals surface area contributed by atoms with Crippen LogP contribution in [0.2, 0.25) is 0 Å². The van der Waals surface area contributed by atoms with Gasteiger partial charge in [0.2, 0.25) is 5.91 Å². The summed E-state index contributed by atoms with van der Waals surface area (Å²) < 4.78 is 1.80. The van der Waals surface area contributed by atoms with Crippen molar-refractivity contribution in [1.29, 1.82) is 0 Å². The Morgan fingerprint density at radius 3 is 2.56 bits per heavy atom. The first-order chi connectivity index (χ1) is 8.49. The van der Waals surface area contributed by atoms with E-state index in [1.165, 1.54) is 0 Å². The van der Waals surface area contributed by atoms with E-state index in [1.54, 1.807) is 4.68 Å². The number of nitrogens with one attached hydrogen (secondary N) is 1. The Balaban J connectivity index is 2.53. The molecule has 1 amide bonds. The first-order valence-electron chi connectivity index (χ1n) is 6.50. The fourth-order valence-electron chi connectivity index (χ4n) is 2.08. The zero-order chi connectivity index (χ0) is 13.7. The van der Waals surface area contributed by atoms with Crippen LogP contribution in [0.15, 0.2) is 6.20 Å². The van der Waals surface area contributed by atoms with E-state index in [2.05, 4.69) is 17.3 Å². The molecule has 5 heteroatoms. The summed E-state index contributed by atoms with van der Waals surface area (Å²) in [6, 6.07) is 0.137. The molecule has 1 heterocycles. The van der Waals surface area contributed by atoms with Crippen LogP contribution < -0.4 is 5.32 Å². The smallest absolute Gasteiger partial charge is 0.236 e. The van der Waals surface area contributed by atoms with Crippen LogP contribution in [-0.4, -0.2) is 40.2 Å². The zero-order valence-corrected chi connectivity index (χ0v) is 12.0. The van der Waals surface area contributed by atoms with Gasteiger partial charge in [0.15, 0.2) is 0 Å². The van der Waals surface area contributed by atoms with Gasteiger partial charge in [-0.25, -0.2) is 0 Å². The Morgan fingerprint density at radius 1 is 1.50 bits per heavy atom. The molecule has 0 aromatic carbocycles. The average Bonchev–Trinajstić information content (AvgIpc) is 2.67. The standard InChI is InChI=1S/C13H24N4O/c1-6-17(7-2)13(18)8-14-10(3)12-9-16(5)15-11(12)4/h9-10,14H,6-8H2,1-5H3. The van der Waals surface area contributed by atoms with Gasteiger partial charge in [0.25, 0.3) is 0 Å². The number of rotatable bonds is 6. The van der Waals surface area contributed by atoms with Gasteiger partial charge in [-0.3, -0.25) is 9.48 Å². The van der Waals surface area contributed by atoms with Crippen LogP contribution in [-0.2, 0) is 11.8 Å². The minimum absolute atomic E-state index is 0.137. The molecule has 0 aliphatic carbocycles. The van der Waals surface area contributed by atoms with E-state index < -0.39 is 0 Å². The van der Waals surface area contributed by atoms with Crippen molar-refractivity contribution in [3.63, 3.8) is 0 Å². The van der Waals surface area contributed by atoms with Crippen LogP contribution in [0, 0.1) is 6.92 Å². The van der Waals surface area contributed by atoms with Gasteiger partial charge in [-0.05, 0) is 27.7 Å². The second-order valence-corrected chi connectivity index (χ2v) is 4.51. The number of likely N-dealkylation sites (N-methyl/N-ethyl adjacent to an activating group) is 1. The van der Waals surface area contributed by atoms with Gasteiger partial charge in [0.1, 0.15) is 0 Å². The molecule has 0 aliphatic rings. The summed E-state index contributed by atoms with van der Waals surface area (Å²) in [6.07, 6.45) is 1.99. The third-order valence-electron chi connectivity index (χ3n) is 3.19. The van der Waals surface area contributed by atoms with Crippen molar-refractivity contribution in [2.75, 3.05) is 19.6 Å². The normalized spacial score (nSPS) is 12.5. The van der Waals surface area contributed by atoms with Crippen LogP contribution >= 0.6 is 0 Å². The molecule has 0 bridgehead atoms. The molecule has 0 saturated heterocycles. The first kappa shape index (κ1) is 14.7. The largest absolute Gasteiger partial charge is 0.342 e. The Labute approximate surface area is 109 Å². The molecule has 1 aromatic rings. The van der Waals surface area contributed by atoms with Crippen LogP contribution in [0.4, 0.5) is 0 Å². The Morgan fingerprint density at radius 2 is 2.11 bits per heavy atom. The molecule has 0 fully saturated rings. The minimum Gasteiger partial charge on any atom is -0.342 e. The molecule has 5 nitrogen and oxygen atoms in total. The summed E-state index contributed by atoms with van der Waals surface area (Å²) in [7, 11) is 1.91. The number of aromatic nitrogens is 2. The lowest BCUT2D eigenvalue weighted by Crippen LogP contribution is -2.38. The Hall–Kier alpha value is -1.36. The van der Waals surface area contributed by atoms with Crippen LogP contribution in [0.3, 0.4) is 0 Å². The third kappa shape index (κ3) is 3.57. The SMILES string of the molecule is CCN(CC)C(=O)CNC(C)c1cn(C)nc1C. The number of hydrogen-bond acceptors (Lipinski definition) is 3. The van der Waals surface area contributed by atoms with E-state index in [1.807, 2.05) is 38.9 Å². The van der Waals surface area contributed by atoms with Gasteiger partial charge in [-0.15, -0.1) is 0 Å². The summed E-state index contributed by atoms with van der Waals surface area (Å²) >= 11 is 0. The Bertz CT molecular complexity index is 396. The summed E-state index contributed by atoms with van der Waals surface area (Å²) in [4.78, 5) is 13.7. The van der Waals surface area contributed by atoms with Gasteiger partial charge >= 0.3 is 0 Å². The molecule has 1 aromatic heterocycles. The average molecular weight is 252 g/mol. The maximum atomic E-state index is 11.9. The summed E-state index contributed by atoms with van der Waals surface area (Å²) in [6.45, 7) is 9.93. The molecular weight excluding hydrogens is 228 g/mol. The van der Waals surface area contributed by atoms with E-state index in [4.69, 9.17) is 0 Å². The van der Waals surface area contributed by atoms with Crippen LogP contribution in [0.5, 0.6) is 0 Å². The highest BCUT2D eigenvalue weighted by molar-refractivity contribution is 5.78. The Kier molecular flexibility index (Phi) is 5.34. The van der Waals surface area contributed by atoms with Crippen molar-refractivity contribution in [2.24, 2.45) is 7.05 Å². The molecule has 0 aliphatic heterocycles. The monoisotopic (exact) mass is 252 g/mol. The number of nitrogens with zero attached hydrogens (tertiary/aromatic N) is 3. The van der Waals surface area contributed by atoms with Crippen molar-refractivity contribution < 1.29 is 4.79 Å². The lowest BCUT2D eigenvalue weighted by Gasteiger charge is -2.20. The van der Waals surface area contributed by atoms with E-state index in [0.29, 0.717) is 6.54 Å². The van der Waals surface area contributed by atoms with Gasteiger partial charge in [-0.2, -0.15) is 5.10 Å². The number of hydrogen-bond donors (Lipinski definition) is 1. The van der Waals surface area contributed by atoms with Crippen molar-refractivity contribution >= 4 is 5.91 Å². The molecule has 1 rings (SSSR count). The molecule has 1 atom stereocenters. The van der Waals surface area contributed by atoms with Crippen LogP contribution in [0.25, 0.3) is 0 Å². The third-order valence-corrected chi connectivity index (χ3v) is 3.19. The fraction of sp³-hybridized carbons (Fsp3) is 0.692. The minimum atomic E-state index is 0.137. The number of carbonyl (C=O) groups is 1. The second-order valence-electron chi connectivity index (χ2n) is 4.51. The highest BCUT2D eigenvalue weighted by Crippen LogP contribution is 2.14. The zero-order valence-electron chi connectivity index (χ0n) is 12.0. The highest BCUT2D eigenvalue weighted by Gasteiger charge is 2.14. The first-order valence-corrected chi connectivity index (χ1v) is 6.50. The maximum Gasteiger partial charge on any atom is 0.236 e. The van der Waals surface area contributed by atoms with Gasteiger partial charge < -0.3 is 10.2 Å². The predicted molar refractivity (Wildman–Crippen MR) is 72.3 cm³/mol. The van der Waals surface area contributed by atoms with Crippen molar-refractivity contribution in [3.05, 3.63) is 17.5 Å². The van der Waals surface area contributed by atoms with Crippen molar-refractivity contribution in [1.82, 2.24) is 20.0 Å². The predicted octanol–water partition coefficient (Wildman–Crippen LogP) is 1.25. The van der Waals surface area contributed by atoms with E-state index in [9.17, 15) is 4.79 Å². The molecule has 0 saturated carbocycles. The lowest BCUT2D eigenvalue weighted by atomic mass is 10.1. The molecule has 102 valence electrons. The second kappa shape index (κ2) is 6.54. The molecule has 0 radical (unpaired) electrons. The summed E-state index contributed by atoms with van der Waals surface area (Å²) in [5, 5.41) is 7.57. The summed E-state index contributed by atoms with van der Waals surface area (Å²) in [5.41, 5.74) is 2.15. The topological polar surface area (TPSA) is 50.2 Å². The van der Waals surface area contributed by atoms with E-state index in [0.717, 1.165) is 24.3 Å². The van der Waals surface area contributed by atoms with Crippen LogP contribution in [0.1, 0.15) is 38.1 Å². The lowest BCUT2D eigenvalue weighted by molar-refractivity contribution is -0.129. The molecule has 18 heavy (non-hydrogen) atoms. The van der Waals surface area contributed by atoms with Crippen molar-refractivity contribution in [2.45, 2.75) is 33.7 Å². The van der Waals surface area contributed by atoms with Gasteiger partial charge in [-0.1, -0.05) is 0 Å². The molecular formula is C13H24N4O. The number of aryl methyl sites for hydroxylation is 2. The van der Waals surface area contributed by atoms with E-state index in [-0.39, 0.29) is 11.9 Å². The van der Waals surface area contributed by atoms with Crippen molar-refractivity contribution in [3.8, 4) is 0 Å². The van der Waals surface area contributed by atoms with Gasteiger partial charge in [0.05, 0.1) is 12.2 Å².